The van der Waals surface area contributed by atoms with E-state index in [1.54, 1.807) is 0 Å². The molecule has 3 rings (SSSR count). The van der Waals surface area contributed by atoms with Crippen LogP contribution in [-0.2, 0) is 6.42 Å². The third kappa shape index (κ3) is 2.50. The molecule has 1 atom stereocenters. The molecule has 2 aromatic rings. The van der Waals surface area contributed by atoms with E-state index in [4.69, 9.17) is 10.5 Å². The predicted molar refractivity (Wildman–Crippen MR) is 82.9 cm³/mol. The zero-order valence-electron chi connectivity index (χ0n) is 13.1. The first-order chi connectivity index (χ1) is 11.6. The number of fused-ring (bicyclic) bond motifs is 1. The average Bonchev–Trinajstić information content (AvgIpc) is 2.95. The standard InChI is InChI=1S/C17H16F2N4O/c1-2-3-7-12-15-13(14-10(18)5-4-6-11(14)19)9(8-20)16(21)24-17(15)23-22-12/h4-6,13H,2-3,7,21H2,1H3,(H,22,23). The number of ether oxygens (including phenoxy) is 1. The Morgan fingerprint density at radius 3 is 2.67 bits per heavy atom. The van der Waals surface area contributed by atoms with Gasteiger partial charge >= 0.3 is 0 Å². The molecule has 3 N–H and O–H groups in total. The maximum atomic E-state index is 14.4. The van der Waals surface area contributed by atoms with Crippen LogP contribution < -0.4 is 10.5 Å². The van der Waals surface area contributed by atoms with Crippen molar-refractivity contribution >= 4 is 0 Å². The Morgan fingerprint density at radius 2 is 2.04 bits per heavy atom. The van der Waals surface area contributed by atoms with Crippen molar-refractivity contribution in [3.63, 3.8) is 0 Å². The summed E-state index contributed by atoms with van der Waals surface area (Å²) in [7, 11) is 0. The van der Waals surface area contributed by atoms with Gasteiger partial charge in [-0.1, -0.05) is 19.4 Å². The molecule has 24 heavy (non-hydrogen) atoms. The fourth-order valence-corrected chi connectivity index (χ4v) is 2.93. The Hall–Kier alpha value is -2.88. The summed E-state index contributed by atoms with van der Waals surface area (Å²) in [6.45, 7) is 2.03. The van der Waals surface area contributed by atoms with Crippen molar-refractivity contribution in [2.75, 3.05) is 0 Å². The van der Waals surface area contributed by atoms with Gasteiger partial charge in [-0.15, -0.1) is 5.10 Å². The van der Waals surface area contributed by atoms with Gasteiger partial charge in [0.2, 0.25) is 11.8 Å². The monoisotopic (exact) mass is 330 g/mol. The number of nitrogens with one attached hydrogen (secondary N) is 1. The van der Waals surface area contributed by atoms with Crippen LogP contribution in [-0.4, -0.2) is 10.2 Å². The zero-order valence-corrected chi connectivity index (χ0v) is 13.1. The number of nitriles is 1. The van der Waals surface area contributed by atoms with Crippen molar-refractivity contribution in [1.82, 2.24) is 10.2 Å². The highest BCUT2D eigenvalue weighted by molar-refractivity contribution is 5.55. The number of hydrogen-bond acceptors (Lipinski definition) is 4. The fraction of sp³-hybridized carbons (Fsp3) is 0.294. The molecule has 7 heteroatoms. The molecule has 1 aromatic carbocycles. The van der Waals surface area contributed by atoms with Gasteiger partial charge < -0.3 is 10.5 Å². The Labute approximate surface area is 137 Å². The number of hydrogen-bond donors (Lipinski definition) is 2. The lowest BCUT2D eigenvalue weighted by molar-refractivity contribution is 0.376. The molecular weight excluding hydrogens is 314 g/mol. The van der Waals surface area contributed by atoms with E-state index in [-0.39, 0.29) is 22.9 Å². The molecule has 5 nitrogen and oxygen atoms in total. The summed E-state index contributed by atoms with van der Waals surface area (Å²) in [6.07, 6.45) is 2.44. The van der Waals surface area contributed by atoms with Gasteiger partial charge in [-0.05, 0) is 25.0 Å². The number of allylic oxidation sites excluding steroid dienone is 1. The molecule has 0 amide bonds. The molecule has 0 bridgehead atoms. The lowest BCUT2D eigenvalue weighted by Crippen LogP contribution is -2.22. The smallest absolute Gasteiger partial charge is 0.244 e. The number of nitrogens with zero attached hydrogens (tertiary/aromatic N) is 2. The number of H-pyrrole nitrogens is 1. The van der Waals surface area contributed by atoms with Crippen LogP contribution in [0.4, 0.5) is 8.78 Å². The number of rotatable bonds is 4. The summed E-state index contributed by atoms with van der Waals surface area (Å²) >= 11 is 0. The van der Waals surface area contributed by atoms with Crippen molar-refractivity contribution in [2.45, 2.75) is 32.1 Å². The van der Waals surface area contributed by atoms with Crippen molar-refractivity contribution in [3.05, 3.63) is 58.1 Å². The molecular formula is C17H16F2N4O. The molecule has 124 valence electrons. The first kappa shape index (κ1) is 16.0. The Bertz CT molecular complexity index is 831. The molecule has 1 aliphatic heterocycles. The molecule has 0 aliphatic carbocycles. The first-order valence-electron chi connectivity index (χ1n) is 7.67. The number of unbranched alkanes of at least 4 members (excludes halogenated alkanes) is 1. The number of halogens is 2. The largest absolute Gasteiger partial charge is 0.420 e. The minimum absolute atomic E-state index is 0.0225. The SMILES string of the molecule is CCCCc1[nH]nc2c1C(c1c(F)cccc1F)C(C#N)=C(N)O2. The van der Waals surface area contributed by atoms with E-state index < -0.39 is 17.6 Å². The molecule has 1 aliphatic rings. The minimum atomic E-state index is -0.981. The van der Waals surface area contributed by atoms with E-state index in [0.717, 1.165) is 25.0 Å². The van der Waals surface area contributed by atoms with Crippen molar-refractivity contribution in [3.8, 4) is 11.9 Å². The van der Waals surface area contributed by atoms with E-state index in [1.165, 1.54) is 6.07 Å². The zero-order chi connectivity index (χ0) is 17.3. The van der Waals surface area contributed by atoms with E-state index in [0.29, 0.717) is 17.7 Å². The fourth-order valence-electron chi connectivity index (χ4n) is 2.93. The van der Waals surface area contributed by atoms with Crippen molar-refractivity contribution in [2.24, 2.45) is 5.73 Å². The van der Waals surface area contributed by atoms with Gasteiger partial charge in [0.25, 0.3) is 0 Å². The van der Waals surface area contributed by atoms with Gasteiger partial charge in [0.05, 0.1) is 11.5 Å². The Kier molecular flexibility index (Phi) is 4.21. The number of aryl methyl sites for hydroxylation is 1. The number of aromatic nitrogens is 2. The first-order valence-corrected chi connectivity index (χ1v) is 7.67. The molecule has 0 radical (unpaired) electrons. The average molecular weight is 330 g/mol. The maximum Gasteiger partial charge on any atom is 0.244 e. The summed E-state index contributed by atoms with van der Waals surface area (Å²) in [4.78, 5) is 0. The summed E-state index contributed by atoms with van der Waals surface area (Å²) in [5.41, 5.74) is 6.70. The molecule has 0 saturated carbocycles. The third-order valence-electron chi connectivity index (χ3n) is 4.09. The topological polar surface area (TPSA) is 87.7 Å². The highest BCUT2D eigenvalue weighted by atomic mass is 19.1. The van der Waals surface area contributed by atoms with Gasteiger partial charge in [0.15, 0.2) is 0 Å². The van der Waals surface area contributed by atoms with Gasteiger partial charge in [-0.25, -0.2) is 8.78 Å². The van der Waals surface area contributed by atoms with Crippen LogP contribution in [0.2, 0.25) is 0 Å². The van der Waals surface area contributed by atoms with Crippen LogP contribution in [0.1, 0.15) is 42.5 Å². The molecule has 1 unspecified atom stereocenters. The highest BCUT2D eigenvalue weighted by Crippen LogP contribution is 2.44. The second-order valence-electron chi connectivity index (χ2n) is 5.58. The van der Waals surface area contributed by atoms with Crippen LogP contribution in [0, 0.1) is 23.0 Å². The van der Waals surface area contributed by atoms with Gasteiger partial charge in [-0.3, -0.25) is 5.10 Å². The number of aromatic amines is 1. The van der Waals surface area contributed by atoms with E-state index in [9.17, 15) is 14.0 Å². The van der Waals surface area contributed by atoms with Crippen LogP contribution in [0.25, 0.3) is 0 Å². The van der Waals surface area contributed by atoms with Crippen LogP contribution in [0.3, 0.4) is 0 Å². The van der Waals surface area contributed by atoms with Gasteiger partial charge in [-0.2, -0.15) is 5.26 Å². The van der Waals surface area contributed by atoms with Gasteiger partial charge in [0.1, 0.15) is 23.3 Å². The van der Waals surface area contributed by atoms with E-state index in [1.807, 2.05) is 13.0 Å². The normalized spacial score (nSPS) is 16.5. The summed E-state index contributed by atoms with van der Waals surface area (Å²) < 4.78 is 34.1. The van der Waals surface area contributed by atoms with E-state index in [2.05, 4.69) is 10.2 Å². The predicted octanol–water partition coefficient (Wildman–Crippen LogP) is 3.25. The minimum Gasteiger partial charge on any atom is -0.420 e. The summed E-state index contributed by atoms with van der Waals surface area (Å²) in [5, 5.41) is 16.4. The lowest BCUT2D eigenvalue weighted by Gasteiger charge is -2.24. The molecule has 0 fully saturated rings. The van der Waals surface area contributed by atoms with Crippen LogP contribution in [0.15, 0.2) is 29.7 Å². The molecule has 2 heterocycles. The van der Waals surface area contributed by atoms with Crippen LogP contribution >= 0.6 is 0 Å². The van der Waals surface area contributed by atoms with Crippen molar-refractivity contribution in [1.29, 1.82) is 5.26 Å². The summed E-state index contributed by atoms with van der Waals surface area (Å²) in [6, 6.07) is 5.52. The van der Waals surface area contributed by atoms with Gasteiger partial charge in [0, 0.05) is 11.3 Å². The third-order valence-corrected chi connectivity index (χ3v) is 4.09. The molecule has 1 aromatic heterocycles. The van der Waals surface area contributed by atoms with Crippen molar-refractivity contribution < 1.29 is 13.5 Å². The lowest BCUT2D eigenvalue weighted by atomic mass is 9.83. The maximum absolute atomic E-state index is 14.4. The Balaban J connectivity index is 2.23. The molecule has 0 saturated heterocycles. The highest BCUT2D eigenvalue weighted by Gasteiger charge is 2.37. The molecule has 0 spiro atoms. The number of nitrogens with two attached hydrogens (primary N) is 1. The summed E-state index contributed by atoms with van der Waals surface area (Å²) in [5.74, 6) is -2.49. The second kappa shape index (κ2) is 6.32. The number of benzene rings is 1. The van der Waals surface area contributed by atoms with E-state index >= 15 is 0 Å². The Morgan fingerprint density at radius 1 is 1.33 bits per heavy atom. The van der Waals surface area contributed by atoms with Crippen LogP contribution in [0.5, 0.6) is 5.88 Å². The second-order valence-corrected chi connectivity index (χ2v) is 5.58. The quantitative estimate of drug-likeness (QED) is 0.901.